The molecule has 2 amide bonds. The first-order chi connectivity index (χ1) is 13.9. The van der Waals surface area contributed by atoms with E-state index in [1.54, 1.807) is 42.4 Å². The third-order valence-corrected chi connectivity index (χ3v) is 6.46. The summed E-state index contributed by atoms with van der Waals surface area (Å²) in [6.07, 6.45) is 3.64. The van der Waals surface area contributed by atoms with Gasteiger partial charge in [-0.3, -0.25) is 19.4 Å². The van der Waals surface area contributed by atoms with Gasteiger partial charge in [-0.2, -0.15) is 0 Å². The van der Waals surface area contributed by atoms with Gasteiger partial charge in [-0.15, -0.1) is 11.3 Å². The summed E-state index contributed by atoms with van der Waals surface area (Å²) >= 11 is 7.97. The van der Waals surface area contributed by atoms with Crippen molar-refractivity contribution in [3.63, 3.8) is 0 Å². The Hall–Kier alpha value is -2.23. The Labute approximate surface area is 183 Å². The van der Waals surface area contributed by atoms with Crippen LogP contribution >= 0.6 is 35.3 Å². The molecule has 0 unspecified atom stereocenters. The number of thiazole rings is 1. The summed E-state index contributed by atoms with van der Waals surface area (Å²) in [4.78, 5) is 33.1. The molecule has 2 heterocycles. The molecule has 152 valence electrons. The van der Waals surface area contributed by atoms with Gasteiger partial charge in [0.2, 0.25) is 5.91 Å². The Morgan fingerprint density at radius 2 is 2.07 bits per heavy atom. The molecule has 0 spiro atoms. The van der Waals surface area contributed by atoms with Crippen molar-refractivity contribution in [2.45, 2.75) is 26.7 Å². The molecule has 0 atom stereocenters. The van der Waals surface area contributed by atoms with E-state index in [4.69, 9.17) is 17.0 Å². The number of rotatable bonds is 7. The second kappa shape index (κ2) is 9.51. The molecule has 9 heteroatoms. The molecule has 0 radical (unpaired) electrons. The number of carbonyl (C=O) groups excluding carboxylic acids is 2. The Morgan fingerprint density at radius 1 is 1.34 bits per heavy atom. The second-order valence-corrected chi connectivity index (χ2v) is 8.81. The zero-order valence-corrected chi connectivity index (χ0v) is 18.8. The van der Waals surface area contributed by atoms with Crippen LogP contribution in [0.1, 0.15) is 32.4 Å². The van der Waals surface area contributed by atoms with Crippen LogP contribution in [-0.2, 0) is 9.59 Å². The monoisotopic (exact) mass is 447 g/mol. The first-order valence-corrected chi connectivity index (χ1v) is 11.2. The first kappa shape index (κ1) is 21.5. The highest BCUT2D eigenvalue weighted by molar-refractivity contribution is 8.26. The zero-order chi connectivity index (χ0) is 21.0. The van der Waals surface area contributed by atoms with Crippen molar-refractivity contribution in [3.8, 4) is 5.75 Å². The van der Waals surface area contributed by atoms with E-state index in [0.717, 1.165) is 12.8 Å². The minimum absolute atomic E-state index is 0.0819. The second-order valence-electron chi connectivity index (χ2n) is 6.29. The summed E-state index contributed by atoms with van der Waals surface area (Å²) in [5, 5.41) is 2.36. The number of aromatic nitrogens is 1. The lowest BCUT2D eigenvalue weighted by Gasteiger charge is -2.18. The van der Waals surface area contributed by atoms with E-state index in [-0.39, 0.29) is 11.8 Å². The summed E-state index contributed by atoms with van der Waals surface area (Å²) in [7, 11) is 1.59. The van der Waals surface area contributed by atoms with Crippen molar-refractivity contribution < 1.29 is 14.3 Å². The van der Waals surface area contributed by atoms with Crippen LogP contribution in [0.25, 0.3) is 6.08 Å². The van der Waals surface area contributed by atoms with Crippen LogP contribution in [0.3, 0.4) is 0 Å². The van der Waals surface area contributed by atoms with Crippen molar-refractivity contribution in [3.05, 3.63) is 40.2 Å². The molecule has 2 aromatic rings. The number of thioether (sulfide) groups is 1. The Morgan fingerprint density at radius 3 is 2.69 bits per heavy atom. The van der Waals surface area contributed by atoms with E-state index < -0.39 is 0 Å². The molecule has 0 saturated carbocycles. The number of carbonyl (C=O) groups is 2. The summed E-state index contributed by atoms with van der Waals surface area (Å²) in [5.41, 5.74) is 1.32. The molecular weight excluding hydrogens is 426 g/mol. The van der Waals surface area contributed by atoms with Crippen LogP contribution in [0.2, 0.25) is 0 Å². The van der Waals surface area contributed by atoms with Crippen LogP contribution < -0.4 is 9.64 Å². The number of hydrogen-bond acceptors (Lipinski definition) is 7. The topological polar surface area (TPSA) is 62.7 Å². The molecule has 3 rings (SSSR count). The van der Waals surface area contributed by atoms with Crippen LogP contribution in [0.4, 0.5) is 10.8 Å². The normalized spacial score (nSPS) is 15.3. The minimum atomic E-state index is -0.151. The van der Waals surface area contributed by atoms with Gasteiger partial charge in [0.25, 0.3) is 5.91 Å². The summed E-state index contributed by atoms with van der Waals surface area (Å²) in [6, 6.07) is 7.20. The van der Waals surface area contributed by atoms with Gasteiger partial charge in [0.15, 0.2) is 5.13 Å². The van der Waals surface area contributed by atoms with Crippen LogP contribution in [0.15, 0.2) is 34.6 Å². The predicted molar refractivity (Wildman–Crippen MR) is 123 cm³/mol. The third kappa shape index (κ3) is 4.85. The molecular formula is C20H21N3O3S3. The maximum absolute atomic E-state index is 12.6. The minimum Gasteiger partial charge on any atom is -0.497 e. The number of anilines is 2. The number of unbranched alkanes of at least 4 members (excludes halogenated alkanes) is 1. The average molecular weight is 448 g/mol. The van der Waals surface area contributed by atoms with E-state index in [1.807, 2.05) is 5.38 Å². The quantitative estimate of drug-likeness (QED) is 0.447. The van der Waals surface area contributed by atoms with Crippen molar-refractivity contribution in [1.82, 2.24) is 9.88 Å². The average Bonchev–Trinajstić information content (AvgIpc) is 3.25. The summed E-state index contributed by atoms with van der Waals surface area (Å²) in [5.74, 6) is 0.478. The van der Waals surface area contributed by atoms with Gasteiger partial charge in [0.05, 0.1) is 23.4 Å². The highest BCUT2D eigenvalue weighted by Gasteiger charge is 2.31. The number of methoxy groups -OCH3 is 1. The van der Waals surface area contributed by atoms with Crippen molar-refractivity contribution in [2.75, 3.05) is 18.6 Å². The Bertz CT molecular complexity index is 953. The van der Waals surface area contributed by atoms with E-state index in [9.17, 15) is 9.59 Å². The maximum atomic E-state index is 12.6. The van der Waals surface area contributed by atoms with E-state index >= 15 is 0 Å². The maximum Gasteiger partial charge on any atom is 0.266 e. The van der Waals surface area contributed by atoms with Gasteiger partial charge >= 0.3 is 0 Å². The first-order valence-electron chi connectivity index (χ1n) is 9.10. The fourth-order valence-electron chi connectivity index (χ4n) is 2.75. The predicted octanol–water partition coefficient (Wildman–Crippen LogP) is 4.84. The lowest BCUT2D eigenvalue weighted by atomic mass is 10.3. The molecule has 1 aliphatic rings. The van der Waals surface area contributed by atoms with Crippen molar-refractivity contribution >= 4 is 68.3 Å². The van der Waals surface area contributed by atoms with E-state index in [1.165, 1.54) is 34.9 Å². The number of amides is 2. The third-order valence-electron chi connectivity index (χ3n) is 4.23. The molecule has 1 saturated heterocycles. The van der Waals surface area contributed by atoms with Crippen molar-refractivity contribution in [2.24, 2.45) is 0 Å². The number of ether oxygens (including phenoxy) is 1. The van der Waals surface area contributed by atoms with Crippen LogP contribution in [0.5, 0.6) is 5.75 Å². The number of hydrogen-bond donors (Lipinski definition) is 0. The highest BCUT2D eigenvalue weighted by Crippen LogP contribution is 2.35. The number of nitrogens with zero attached hydrogens (tertiary/aromatic N) is 3. The molecule has 1 aromatic heterocycles. The fourth-order valence-corrected chi connectivity index (χ4v) is 4.88. The van der Waals surface area contributed by atoms with Crippen LogP contribution in [0, 0.1) is 0 Å². The van der Waals surface area contributed by atoms with Gasteiger partial charge in [-0.1, -0.05) is 37.3 Å². The van der Waals surface area contributed by atoms with Crippen molar-refractivity contribution in [1.29, 1.82) is 0 Å². The molecule has 1 aliphatic heterocycles. The zero-order valence-electron chi connectivity index (χ0n) is 16.4. The van der Waals surface area contributed by atoms with Gasteiger partial charge < -0.3 is 4.74 Å². The Balaban J connectivity index is 1.83. The lowest BCUT2D eigenvalue weighted by Crippen LogP contribution is -2.28. The lowest BCUT2D eigenvalue weighted by molar-refractivity contribution is -0.122. The van der Waals surface area contributed by atoms with Gasteiger partial charge in [0, 0.05) is 18.8 Å². The molecule has 0 N–H and O–H groups in total. The number of benzene rings is 1. The molecule has 1 fully saturated rings. The molecule has 29 heavy (non-hydrogen) atoms. The molecule has 0 bridgehead atoms. The number of thiocarbonyl (C=S) groups is 1. The summed E-state index contributed by atoms with van der Waals surface area (Å²) < 4.78 is 5.75. The smallest absolute Gasteiger partial charge is 0.266 e. The van der Waals surface area contributed by atoms with E-state index in [2.05, 4.69) is 11.9 Å². The van der Waals surface area contributed by atoms with E-state index in [0.29, 0.717) is 38.0 Å². The van der Waals surface area contributed by atoms with Crippen LogP contribution in [-0.4, -0.2) is 39.7 Å². The fraction of sp³-hybridized carbons (Fsp3) is 0.300. The molecule has 0 aliphatic carbocycles. The molecule has 6 nitrogen and oxygen atoms in total. The van der Waals surface area contributed by atoms with Gasteiger partial charge in [0.1, 0.15) is 10.1 Å². The molecule has 1 aromatic carbocycles. The largest absolute Gasteiger partial charge is 0.497 e. The highest BCUT2D eigenvalue weighted by atomic mass is 32.2. The van der Waals surface area contributed by atoms with Gasteiger partial charge in [-0.05, 0) is 36.8 Å². The SMILES string of the molecule is CCCCN1C(=O)C(=Cc2csc(N(C(C)=O)c3ccc(OC)cc3)n2)SC1=S. The Kier molecular flexibility index (Phi) is 7.05. The van der Waals surface area contributed by atoms with Gasteiger partial charge in [-0.25, -0.2) is 4.98 Å². The summed E-state index contributed by atoms with van der Waals surface area (Å²) in [6.45, 7) is 4.20. The standard InChI is InChI=1S/C20H21N3O3S3/c1-4-5-10-22-18(25)17(29-20(22)27)11-14-12-28-19(21-14)23(13(2)24)15-6-8-16(26-3)9-7-15/h6-9,11-12H,4-5,10H2,1-3H3.